The Bertz CT molecular complexity index is 804. The number of halogens is 1. The van der Waals surface area contributed by atoms with E-state index in [9.17, 15) is 0 Å². The molecule has 0 aliphatic heterocycles. The molecule has 0 radical (unpaired) electrons. The number of rotatable bonds is 7. The van der Waals surface area contributed by atoms with Crippen LogP contribution in [0.5, 0.6) is 0 Å². The molecule has 1 unspecified atom stereocenters. The molecule has 0 aliphatic carbocycles. The first-order chi connectivity index (χ1) is 12.8. The van der Waals surface area contributed by atoms with E-state index >= 15 is 0 Å². The number of nitrogens with zero attached hydrogens (tertiary/aromatic N) is 5. The summed E-state index contributed by atoms with van der Waals surface area (Å²) in [5, 5.41) is 16.1. The number of hydrogen-bond acceptors (Lipinski definition) is 3. The molecular weight excluding hydrogens is 465 g/mol. The summed E-state index contributed by atoms with van der Waals surface area (Å²) in [6.45, 7) is 11.4. The van der Waals surface area contributed by atoms with E-state index in [0.29, 0.717) is 0 Å². The molecule has 8 heteroatoms. The summed E-state index contributed by atoms with van der Waals surface area (Å²) in [5.74, 6) is 0.814. The average Bonchev–Trinajstić information content (AvgIpc) is 3.08. The molecule has 0 spiro atoms. The van der Waals surface area contributed by atoms with Crippen LogP contribution in [0.1, 0.15) is 54.7 Å². The van der Waals surface area contributed by atoms with Gasteiger partial charge in [0.1, 0.15) is 0 Å². The Morgan fingerprint density at radius 3 is 2.25 bits per heavy atom. The van der Waals surface area contributed by atoms with Crippen LogP contribution in [0.2, 0.25) is 0 Å². The minimum Gasteiger partial charge on any atom is -0.354 e. The van der Waals surface area contributed by atoms with Gasteiger partial charge in [-0.15, -0.1) is 24.0 Å². The summed E-state index contributed by atoms with van der Waals surface area (Å²) in [6.07, 6.45) is 2.83. The van der Waals surface area contributed by atoms with Crippen molar-refractivity contribution in [3.63, 3.8) is 0 Å². The SMILES string of the molecule is CCc1nn(C)c(CC)c1CNC(=NC)NC(C)Cc1c(C)nn(C)c1C.I. The van der Waals surface area contributed by atoms with Gasteiger partial charge in [0.25, 0.3) is 0 Å². The highest BCUT2D eigenvalue weighted by Gasteiger charge is 2.16. The van der Waals surface area contributed by atoms with Gasteiger partial charge in [-0.05, 0) is 45.6 Å². The third kappa shape index (κ3) is 5.48. The van der Waals surface area contributed by atoms with Crippen molar-refractivity contribution in [1.29, 1.82) is 0 Å². The fourth-order valence-electron chi connectivity index (χ4n) is 3.66. The Kier molecular flexibility index (Phi) is 9.46. The highest BCUT2D eigenvalue weighted by Crippen LogP contribution is 2.16. The van der Waals surface area contributed by atoms with Gasteiger partial charge in [-0.2, -0.15) is 10.2 Å². The van der Waals surface area contributed by atoms with E-state index < -0.39 is 0 Å². The largest absolute Gasteiger partial charge is 0.354 e. The van der Waals surface area contributed by atoms with Crippen LogP contribution in [-0.4, -0.2) is 38.6 Å². The molecule has 7 nitrogen and oxygen atoms in total. The molecule has 0 saturated carbocycles. The van der Waals surface area contributed by atoms with E-state index in [1.807, 2.05) is 30.5 Å². The van der Waals surface area contributed by atoms with Crippen molar-refractivity contribution in [3.05, 3.63) is 33.9 Å². The summed E-state index contributed by atoms with van der Waals surface area (Å²) >= 11 is 0. The van der Waals surface area contributed by atoms with Crippen LogP contribution in [-0.2, 0) is 39.9 Å². The molecule has 2 rings (SSSR count). The molecule has 2 N–H and O–H groups in total. The number of hydrogen-bond donors (Lipinski definition) is 2. The molecule has 28 heavy (non-hydrogen) atoms. The highest BCUT2D eigenvalue weighted by molar-refractivity contribution is 14.0. The fourth-order valence-corrected chi connectivity index (χ4v) is 3.66. The molecule has 0 amide bonds. The van der Waals surface area contributed by atoms with E-state index in [1.165, 1.54) is 22.5 Å². The predicted molar refractivity (Wildman–Crippen MR) is 127 cm³/mol. The Labute approximate surface area is 186 Å². The smallest absolute Gasteiger partial charge is 0.191 e. The lowest BCUT2D eigenvalue weighted by molar-refractivity contribution is 0.634. The predicted octanol–water partition coefficient (Wildman–Crippen LogP) is 2.81. The lowest BCUT2D eigenvalue weighted by Crippen LogP contribution is -2.43. The summed E-state index contributed by atoms with van der Waals surface area (Å²) in [4.78, 5) is 4.40. The second kappa shape index (κ2) is 10.8. The van der Waals surface area contributed by atoms with Crippen molar-refractivity contribution in [1.82, 2.24) is 30.2 Å². The zero-order valence-corrected chi connectivity index (χ0v) is 20.9. The number of aryl methyl sites for hydroxylation is 4. The zero-order chi connectivity index (χ0) is 20.1. The first-order valence-electron chi connectivity index (χ1n) is 9.82. The highest BCUT2D eigenvalue weighted by atomic mass is 127. The quantitative estimate of drug-likeness (QED) is 0.348. The van der Waals surface area contributed by atoms with Crippen molar-refractivity contribution in [2.24, 2.45) is 19.1 Å². The number of aromatic nitrogens is 4. The summed E-state index contributed by atoms with van der Waals surface area (Å²) in [7, 11) is 5.83. The van der Waals surface area contributed by atoms with Crippen molar-refractivity contribution in [3.8, 4) is 0 Å². The Morgan fingerprint density at radius 2 is 1.75 bits per heavy atom. The van der Waals surface area contributed by atoms with Crippen LogP contribution < -0.4 is 10.6 Å². The first kappa shape index (κ1) is 24.5. The molecule has 2 aromatic rings. The van der Waals surface area contributed by atoms with Gasteiger partial charge in [-0.3, -0.25) is 14.4 Å². The molecule has 158 valence electrons. The zero-order valence-electron chi connectivity index (χ0n) is 18.6. The third-order valence-corrected chi connectivity index (χ3v) is 5.24. The molecule has 0 bridgehead atoms. The fraction of sp³-hybridized carbons (Fsp3) is 0.650. The Balaban J connectivity index is 0.00000392. The monoisotopic (exact) mass is 501 g/mol. The van der Waals surface area contributed by atoms with Crippen LogP contribution in [0.4, 0.5) is 0 Å². The molecule has 0 aliphatic rings. The van der Waals surface area contributed by atoms with Crippen LogP contribution in [0.3, 0.4) is 0 Å². The maximum Gasteiger partial charge on any atom is 0.191 e. The van der Waals surface area contributed by atoms with Crippen molar-refractivity contribution in [2.45, 2.75) is 66.5 Å². The van der Waals surface area contributed by atoms with Crippen LogP contribution >= 0.6 is 24.0 Å². The van der Waals surface area contributed by atoms with E-state index in [4.69, 9.17) is 0 Å². The molecule has 2 heterocycles. The van der Waals surface area contributed by atoms with Gasteiger partial charge in [0.15, 0.2) is 5.96 Å². The summed E-state index contributed by atoms with van der Waals surface area (Å²) in [5.41, 5.74) is 7.36. The van der Waals surface area contributed by atoms with Crippen LogP contribution in [0.15, 0.2) is 4.99 Å². The molecule has 1 atom stereocenters. The third-order valence-electron chi connectivity index (χ3n) is 5.24. The van der Waals surface area contributed by atoms with E-state index in [2.05, 4.69) is 60.4 Å². The Hall–Kier alpha value is -1.58. The Morgan fingerprint density at radius 1 is 1.07 bits per heavy atom. The lowest BCUT2D eigenvalue weighted by atomic mass is 10.1. The topological polar surface area (TPSA) is 72.1 Å². The number of guanidine groups is 1. The van der Waals surface area contributed by atoms with Crippen molar-refractivity contribution < 1.29 is 0 Å². The summed E-state index contributed by atoms with van der Waals surface area (Å²) < 4.78 is 3.95. The molecule has 0 saturated heterocycles. The maximum atomic E-state index is 4.65. The van der Waals surface area contributed by atoms with Gasteiger partial charge in [-0.1, -0.05) is 13.8 Å². The minimum absolute atomic E-state index is 0. The van der Waals surface area contributed by atoms with Gasteiger partial charge < -0.3 is 10.6 Å². The van der Waals surface area contributed by atoms with Gasteiger partial charge in [0.05, 0.1) is 11.4 Å². The minimum atomic E-state index is 0. The molecule has 0 aromatic carbocycles. The van der Waals surface area contributed by atoms with E-state index in [1.54, 1.807) is 0 Å². The van der Waals surface area contributed by atoms with Crippen molar-refractivity contribution in [2.75, 3.05) is 7.05 Å². The second-order valence-corrected chi connectivity index (χ2v) is 7.15. The van der Waals surface area contributed by atoms with Gasteiger partial charge in [0, 0.05) is 50.7 Å². The normalized spacial score (nSPS) is 12.6. The molecule has 0 fully saturated rings. The van der Waals surface area contributed by atoms with Crippen LogP contribution in [0.25, 0.3) is 0 Å². The van der Waals surface area contributed by atoms with Crippen molar-refractivity contribution >= 4 is 29.9 Å². The number of nitrogens with one attached hydrogen (secondary N) is 2. The summed E-state index contributed by atoms with van der Waals surface area (Å²) in [6, 6.07) is 0.253. The second-order valence-electron chi connectivity index (χ2n) is 7.15. The van der Waals surface area contributed by atoms with E-state index in [0.717, 1.165) is 43.2 Å². The average molecular weight is 501 g/mol. The molecule has 2 aromatic heterocycles. The van der Waals surface area contributed by atoms with E-state index in [-0.39, 0.29) is 30.0 Å². The standard InChI is InChI=1S/C20H35N7.HI/c1-9-18-17(19(10-2)27(8)25-18)12-22-20(21-6)23-13(3)11-16-14(4)24-26(7)15(16)5;/h13H,9-12H2,1-8H3,(H2,21,22,23);1H. The van der Waals surface area contributed by atoms with Gasteiger partial charge in [-0.25, -0.2) is 0 Å². The number of aliphatic imine (C=N–C) groups is 1. The maximum absolute atomic E-state index is 4.65. The van der Waals surface area contributed by atoms with Crippen LogP contribution in [0, 0.1) is 13.8 Å². The molecular formula is C20H36IN7. The van der Waals surface area contributed by atoms with Gasteiger partial charge >= 0.3 is 0 Å². The lowest BCUT2D eigenvalue weighted by Gasteiger charge is -2.18. The van der Waals surface area contributed by atoms with Gasteiger partial charge in [0.2, 0.25) is 0 Å². The first-order valence-corrected chi connectivity index (χ1v) is 9.82.